The monoisotopic (exact) mass is 488 g/mol. The van der Waals surface area contributed by atoms with Gasteiger partial charge in [-0.3, -0.25) is 9.69 Å². The SMILES string of the molecule is CCCN(CC(=O)Nc1c(C#N)c(C)c(C)n1Cc1ccccc1)Cc1nnc(-c2cccs2)o1. The normalized spacial score (nSPS) is 11.1. The largest absolute Gasteiger partial charge is 0.419 e. The number of rotatable bonds is 10. The lowest BCUT2D eigenvalue weighted by atomic mass is 10.2. The van der Waals surface area contributed by atoms with Gasteiger partial charge in [0.05, 0.1) is 23.5 Å². The van der Waals surface area contributed by atoms with Gasteiger partial charge in [-0.25, -0.2) is 0 Å². The van der Waals surface area contributed by atoms with Crippen molar-refractivity contribution in [2.24, 2.45) is 0 Å². The molecule has 0 unspecified atom stereocenters. The van der Waals surface area contributed by atoms with Crippen LogP contribution >= 0.6 is 11.3 Å². The first-order valence-corrected chi connectivity index (χ1v) is 12.4. The van der Waals surface area contributed by atoms with E-state index in [1.165, 1.54) is 11.3 Å². The predicted octanol–water partition coefficient (Wildman–Crippen LogP) is 4.99. The van der Waals surface area contributed by atoms with Crippen LogP contribution in [-0.4, -0.2) is 38.7 Å². The Balaban J connectivity index is 1.50. The van der Waals surface area contributed by atoms with Crippen molar-refractivity contribution in [2.45, 2.75) is 40.3 Å². The van der Waals surface area contributed by atoms with Crippen LogP contribution in [0.1, 0.15) is 41.6 Å². The maximum absolute atomic E-state index is 13.1. The number of hydrogen-bond acceptors (Lipinski definition) is 7. The third-order valence-electron chi connectivity index (χ3n) is 5.85. The Morgan fingerprint density at radius 2 is 2.00 bits per heavy atom. The second-order valence-corrected chi connectivity index (χ2v) is 9.30. The molecule has 4 rings (SSSR count). The molecule has 0 aliphatic carbocycles. The summed E-state index contributed by atoms with van der Waals surface area (Å²) in [5, 5.41) is 23.1. The fourth-order valence-electron chi connectivity index (χ4n) is 4.01. The van der Waals surface area contributed by atoms with E-state index in [1.54, 1.807) is 0 Å². The molecule has 4 aromatic rings. The molecule has 1 amide bonds. The first kappa shape index (κ1) is 24.4. The van der Waals surface area contributed by atoms with Gasteiger partial charge in [-0.05, 0) is 49.4 Å². The number of nitriles is 1. The van der Waals surface area contributed by atoms with Crippen LogP contribution in [0.2, 0.25) is 0 Å². The van der Waals surface area contributed by atoms with Crippen molar-refractivity contribution in [3.05, 3.63) is 76.1 Å². The van der Waals surface area contributed by atoms with Gasteiger partial charge in [-0.15, -0.1) is 21.5 Å². The average molecular weight is 489 g/mol. The number of amides is 1. The zero-order chi connectivity index (χ0) is 24.8. The van der Waals surface area contributed by atoms with Crippen molar-refractivity contribution in [2.75, 3.05) is 18.4 Å². The van der Waals surface area contributed by atoms with E-state index >= 15 is 0 Å². The molecule has 1 aromatic carbocycles. The molecule has 0 saturated heterocycles. The van der Waals surface area contributed by atoms with Gasteiger partial charge in [0.2, 0.25) is 11.8 Å². The van der Waals surface area contributed by atoms with Crippen LogP contribution in [0.25, 0.3) is 10.8 Å². The van der Waals surface area contributed by atoms with Crippen molar-refractivity contribution in [3.8, 4) is 16.8 Å². The number of thiophene rings is 1. The second kappa shape index (κ2) is 11.1. The third kappa shape index (κ3) is 5.67. The summed E-state index contributed by atoms with van der Waals surface area (Å²) >= 11 is 1.54. The number of aromatic nitrogens is 3. The summed E-state index contributed by atoms with van der Waals surface area (Å²) in [5.74, 6) is 1.29. The van der Waals surface area contributed by atoms with Crippen molar-refractivity contribution in [3.63, 3.8) is 0 Å². The number of hydrogen-bond donors (Lipinski definition) is 1. The molecule has 1 N–H and O–H groups in total. The molecule has 0 bridgehead atoms. The third-order valence-corrected chi connectivity index (χ3v) is 6.71. The molecule has 0 fully saturated rings. The molecule has 9 heteroatoms. The Hall–Kier alpha value is -3.74. The van der Waals surface area contributed by atoms with Gasteiger partial charge in [0.15, 0.2) is 0 Å². The van der Waals surface area contributed by atoms with Crippen molar-refractivity contribution < 1.29 is 9.21 Å². The van der Waals surface area contributed by atoms with E-state index < -0.39 is 0 Å². The Kier molecular flexibility index (Phi) is 7.75. The summed E-state index contributed by atoms with van der Waals surface area (Å²) in [7, 11) is 0. The van der Waals surface area contributed by atoms with Crippen molar-refractivity contribution in [1.82, 2.24) is 19.7 Å². The minimum absolute atomic E-state index is 0.143. The van der Waals surface area contributed by atoms with E-state index in [-0.39, 0.29) is 12.5 Å². The minimum atomic E-state index is -0.195. The lowest BCUT2D eigenvalue weighted by molar-refractivity contribution is -0.117. The number of carbonyl (C=O) groups is 1. The van der Waals surface area contributed by atoms with E-state index in [0.717, 1.165) is 28.1 Å². The van der Waals surface area contributed by atoms with Gasteiger partial charge in [0, 0.05) is 12.2 Å². The standard InChI is InChI=1S/C26H28N6O2S/c1-4-12-31(17-24-29-30-26(34-24)22-11-8-13-35-22)16-23(33)28-25-21(14-27)18(2)19(3)32(25)15-20-9-6-5-7-10-20/h5-11,13H,4,12,15-17H2,1-3H3,(H,28,33). The summed E-state index contributed by atoms with van der Waals surface area (Å²) in [6.45, 7) is 7.71. The smallest absolute Gasteiger partial charge is 0.257 e. The van der Waals surface area contributed by atoms with Crippen LogP contribution in [0.3, 0.4) is 0 Å². The van der Waals surface area contributed by atoms with E-state index in [9.17, 15) is 10.1 Å². The predicted molar refractivity (Wildman–Crippen MR) is 136 cm³/mol. The number of nitrogens with zero attached hydrogens (tertiary/aromatic N) is 5. The maximum atomic E-state index is 13.1. The van der Waals surface area contributed by atoms with Crippen LogP contribution in [0, 0.1) is 25.2 Å². The first-order chi connectivity index (χ1) is 17.0. The van der Waals surface area contributed by atoms with Gasteiger partial charge >= 0.3 is 0 Å². The highest BCUT2D eigenvalue weighted by atomic mass is 32.1. The molecule has 0 atom stereocenters. The molecular weight excluding hydrogens is 460 g/mol. The van der Waals surface area contributed by atoms with Crippen LogP contribution in [0.5, 0.6) is 0 Å². The van der Waals surface area contributed by atoms with E-state index in [1.807, 2.05) is 71.2 Å². The van der Waals surface area contributed by atoms with Gasteiger partial charge in [0.25, 0.3) is 5.89 Å². The van der Waals surface area contributed by atoms with Crippen LogP contribution in [0.4, 0.5) is 5.82 Å². The summed E-state index contributed by atoms with van der Waals surface area (Å²) in [5.41, 5.74) is 3.41. The Labute approximate surface area is 208 Å². The van der Waals surface area contributed by atoms with Crippen LogP contribution in [0.15, 0.2) is 52.3 Å². The fraction of sp³-hybridized carbons (Fsp3) is 0.308. The second-order valence-electron chi connectivity index (χ2n) is 8.35. The lowest BCUT2D eigenvalue weighted by Crippen LogP contribution is -2.34. The molecule has 3 heterocycles. The molecule has 8 nitrogen and oxygen atoms in total. The molecule has 0 saturated carbocycles. The summed E-state index contributed by atoms with van der Waals surface area (Å²) in [6.07, 6.45) is 0.866. The number of benzene rings is 1. The quantitative estimate of drug-likeness (QED) is 0.338. The van der Waals surface area contributed by atoms with Gasteiger partial charge in [-0.1, -0.05) is 43.3 Å². The highest BCUT2D eigenvalue weighted by molar-refractivity contribution is 7.13. The average Bonchev–Trinajstić information content (AvgIpc) is 3.58. The highest BCUT2D eigenvalue weighted by Crippen LogP contribution is 2.27. The fourth-order valence-corrected chi connectivity index (χ4v) is 4.65. The molecule has 35 heavy (non-hydrogen) atoms. The molecular formula is C26H28N6O2S. The summed E-state index contributed by atoms with van der Waals surface area (Å²) in [6, 6.07) is 16.1. The van der Waals surface area contributed by atoms with Gasteiger partial charge in [0.1, 0.15) is 11.9 Å². The molecule has 3 aromatic heterocycles. The summed E-state index contributed by atoms with van der Waals surface area (Å²) in [4.78, 5) is 16.0. The Morgan fingerprint density at radius 3 is 2.69 bits per heavy atom. The molecule has 0 aliphatic rings. The Morgan fingerprint density at radius 1 is 1.20 bits per heavy atom. The molecule has 0 radical (unpaired) electrons. The zero-order valence-corrected chi connectivity index (χ0v) is 20.9. The van der Waals surface area contributed by atoms with Crippen molar-refractivity contribution >= 4 is 23.1 Å². The lowest BCUT2D eigenvalue weighted by Gasteiger charge is -2.20. The zero-order valence-electron chi connectivity index (χ0n) is 20.1. The van der Waals surface area contributed by atoms with Crippen molar-refractivity contribution in [1.29, 1.82) is 5.26 Å². The molecule has 0 aliphatic heterocycles. The van der Waals surface area contributed by atoms with Gasteiger partial charge in [-0.2, -0.15) is 5.26 Å². The highest BCUT2D eigenvalue weighted by Gasteiger charge is 2.22. The molecule has 0 spiro atoms. The first-order valence-electron chi connectivity index (χ1n) is 11.5. The van der Waals surface area contributed by atoms with Gasteiger partial charge < -0.3 is 14.3 Å². The number of nitrogens with one attached hydrogen (secondary N) is 1. The summed E-state index contributed by atoms with van der Waals surface area (Å²) < 4.78 is 7.81. The minimum Gasteiger partial charge on any atom is -0.419 e. The number of anilines is 1. The van der Waals surface area contributed by atoms with E-state index in [2.05, 4.69) is 28.5 Å². The maximum Gasteiger partial charge on any atom is 0.257 e. The van der Waals surface area contributed by atoms with E-state index in [0.29, 0.717) is 42.8 Å². The van der Waals surface area contributed by atoms with Crippen LogP contribution < -0.4 is 5.32 Å². The number of carbonyl (C=O) groups excluding carboxylic acids is 1. The topological polar surface area (TPSA) is 100.0 Å². The van der Waals surface area contributed by atoms with E-state index in [4.69, 9.17) is 4.42 Å². The molecule has 180 valence electrons. The van der Waals surface area contributed by atoms with Crippen LogP contribution in [-0.2, 0) is 17.9 Å². The Bertz CT molecular complexity index is 1320.